The van der Waals surface area contributed by atoms with E-state index in [1.54, 1.807) is 0 Å². The molecule has 0 radical (unpaired) electrons. The Bertz CT molecular complexity index is 693. The summed E-state index contributed by atoms with van der Waals surface area (Å²) in [6.45, 7) is 6.52. The topological polar surface area (TPSA) is 78.9 Å². The SMILES string of the molecule is CCCCCCCCCCCCCCCCCCCC(=O)O[C@H](COC(=O)CCCCCCC)COC(=O)CCCCCCCCC. The zero-order valence-corrected chi connectivity index (χ0v) is 31.6. The van der Waals surface area contributed by atoms with Gasteiger partial charge in [-0.15, -0.1) is 0 Å². The minimum absolute atomic E-state index is 0.0656. The van der Waals surface area contributed by atoms with Crippen LogP contribution in [0.3, 0.4) is 0 Å². The zero-order chi connectivity index (χ0) is 34.5. The highest BCUT2D eigenvalue weighted by molar-refractivity contribution is 5.71. The van der Waals surface area contributed by atoms with Crippen LogP contribution in [0.25, 0.3) is 0 Å². The molecule has 0 aliphatic rings. The standard InChI is InChI=1S/C41H78O6/c1-4-7-10-13-15-16-17-18-19-20-21-22-23-24-26-29-32-35-41(44)47-38(36-45-39(42)33-30-27-12-9-6-3)37-46-40(43)34-31-28-25-14-11-8-5-2/h38H,4-37H2,1-3H3/t38-/m1/s1. The molecule has 0 N–H and O–H groups in total. The van der Waals surface area contributed by atoms with Crippen molar-refractivity contribution in [2.24, 2.45) is 0 Å². The largest absolute Gasteiger partial charge is 0.462 e. The molecule has 0 aromatic heterocycles. The molecule has 0 spiro atoms. The molecule has 278 valence electrons. The highest BCUT2D eigenvalue weighted by Crippen LogP contribution is 2.15. The molecule has 0 amide bonds. The molecule has 6 nitrogen and oxygen atoms in total. The van der Waals surface area contributed by atoms with Gasteiger partial charge in [0.2, 0.25) is 0 Å². The summed E-state index contributed by atoms with van der Waals surface area (Å²) in [5.74, 6) is -0.880. The highest BCUT2D eigenvalue weighted by atomic mass is 16.6. The fourth-order valence-corrected chi connectivity index (χ4v) is 5.97. The van der Waals surface area contributed by atoms with Crippen LogP contribution in [-0.4, -0.2) is 37.2 Å². The van der Waals surface area contributed by atoms with E-state index in [-0.39, 0.29) is 31.1 Å². The van der Waals surface area contributed by atoms with E-state index in [1.807, 2.05) is 0 Å². The lowest BCUT2D eigenvalue weighted by atomic mass is 10.0. The Morgan fingerprint density at radius 3 is 0.851 bits per heavy atom. The molecule has 1 atom stereocenters. The van der Waals surface area contributed by atoms with Gasteiger partial charge in [-0.1, -0.05) is 188 Å². The van der Waals surface area contributed by atoms with Crippen LogP contribution in [0.1, 0.15) is 226 Å². The number of hydrogen-bond acceptors (Lipinski definition) is 6. The Hall–Kier alpha value is -1.59. The summed E-state index contributed by atoms with van der Waals surface area (Å²) in [6.07, 6.45) is 35.6. The molecule has 0 heterocycles. The van der Waals surface area contributed by atoms with E-state index in [1.165, 1.54) is 122 Å². The number of unbranched alkanes of at least 4 members (excludes halogenated alkanes) is 26. The Labute approximate surface area is 291 Å². The first-order valence-electron chi connectivity index (χ1n) is 20.5. The van der Waals surface area contributed by atoms with E-state index >= 15 is 0 Å². The van der Waals surface area contributed by atoms with Crippen LogP contribution in [0.2, 0.25) is 0 Å². The molecule has 0 saturated heterocycles. The van der Waals surface area contributed by atoms with Crippen LogP contribution in [0.15, 0.2) is 0 Å². The molecule has 0 rings (SSSR count). The lowest BCUT2D eigenvalue weighted by molar-refractivity contribution is -0.167. The van der Waals surface area contributed by atoms with Gasteiger partial charge in [-0.25, -0.2) is 0 Å². The van der Waals surface area contributed by atoms with Crippen LogP contribution in [0, 0.1) is 0 Å². The number of rotatable bonds is 37. The summed E-state index contributed by atoms with van der Waals surface area (Å²) in [5, 5.41) is 0. The second kappa shape index (κ2) is 37.2. The number of hydrogen-bond donors (Lipinski definition) is 0. The molecule has 0 aliphatic carbocycles. The number of ether oxygens (including phenoxy) is 3. The van der Waals surface area contributed by atoms with E-state index in [9.17, 15) is 14.4 Å². The van der Waals surface area contributed by atoms with Gasteiger partial charge in [-0.2, -0.15) is 0 Å². The minimum atomic E-state index is -0.754. The maximum Gasteiger partial charge on any atom is 0.306 e. The lowest BCUT2D eigenvalue weighted by Gasteiger charge is -2.18. The van der Waals surface area contributed by atoms with E-state index in [2.05, 4.69) is 20.8 Å². The zero-order valence-electron chi connectivity index (χ0n) is 31.6. The van der Waals surface area contributed by atoms with Crippen LogP contribution in [-0.2, 0) is 28.6 Å². The summed E-state index contributed by atoms with van der Waals surface area (Å²) in [5.41, 5.74) is 0. The van der Waals surface area contributed by atoms with Gasteiger partial charge in [-0.3, -0.25) is 14.4 Å². The number of carbonyl (C=O) groups excluding carboxylic acids is 3. The van der Waals surface area contributed by atoms with Gasteiger partial charge in [0.1, 0.15) is 13.2 Å². The molecule has 0 saturated carbocycles. The predicted octanol–water partition coefficient (Wildman–Crippen LogP) is 12.5. The first-order valence-corrected chi connectivity index (χ1v) is 20.5. The first kappa shape index (κ1) is 45.4. The van der Waals surface area contributed by atoms with Crippen molar-refractivity contribution in [2.75, 3.05) is 13.2 Å². The van der Waals surface area contributed by atoms with Gasteiger partial charge in [0, 0.05) is 19.3 Å². The third-order valence-corrected chi connectivity index (χ3v) is 9.11. The molecule has 6 heteroatoms. The maximum atomic E-state index is 12.6. The van der Waals surface area contributed by atoms with Gasteiger partial charge in [0.25, 0.3) is 0 Å². The van der Waals surface area contributed by atoms with Crippen molar-refractivity contribution >= 4 is 17.9 Å². The molecule has 0 bridgehead atoms. The van der Waals surface area contributed by atoms with Gasteiger partial charge in [0.05, 0.1) is 0 Å². The van der Waals surface area contributed by atoms with E-state index < -0.39 is 6.10 Å². The van der Waals surface area contributed by atoms with Crippen LogP contribution < -0.4 is 0 Å². The van der Waals surface area contributed by atoms with Crippen molar-refractivity contribution in [1.29, 1.82) is 0 Å². The third kappa shape index (κ3) is 35.5. The van der Waals surface area contributed by atoms with Gasteiger partial charge in [0.15, 0.2) is 6.10 Å². The Morgan fingerprint density at radius 1 is 0.340 bits per heavy atom. The van der Waals surface area contributed by atoms with E-state index in [0.717, 1.165) is 64.2 Å². The molecule has 0 aromatic carbocycles. The lowest BCUT2D eigenvalue weighted by Crippen LogP contribution is -2.30. The third-order valence-electron chi connectivity index (χ3n) is 9.11. The van der Waals surface area contributed by atoms with Gasteiger partial charge < -0.3 is 14.2 Å². The summed E-state index contributed by atoms with van der Waals surface area (Å²) >= 11 is 0. The summed E-state index contributed by atoms with van der Waals surface area (Å²) in [6, 6.07) is 0. The average Bonchev–Trinajstić information content (AvgIpc) is 3.06. The maximum absolute atomic E-state index is 12.6. The summed E-state index contributed by atoms with van der Waals surface area (Å²) in [4.78, 5) is 37.1. The fraction of sp³-hybridized carbons (Fsp3) is 0.927. The molecular formula is C41H78O6. The van der Waals surface area contributed by atoms with Gasteiger partial charge in [-0.05, 0) is 19.3 Å². The van der Waals surface area contributed by atoms with Crippen molar-refractivity contribution in [3.63, 3.8) is 0 Å². The van der Waals surface area contributed by atoms with Crippen LogP contribution in [0.4, 0.5) is 0 Å². The first-order chi connectivity index (χ1) is 23.0. The van der Waals surface area contributed by atoms with Crippen molar-refractivity contribution in [1.82, 2.24) is 0 Å². The molecule has 0 unspecified atom stereocenters. The van der Waals surface area contributed by atoms with Crippen molar-refractivity contribution < 1.29 is 28.6 Å². The van der Waals surface area contributed by atoms with E-state index in [4.69, 9.17) is 14.2 Å². The van der Waals surface area contributed by atoms with Crippen molar-refractivity contribution in [2.45, 2.75) is 232 Å². The molecule has 0 fully saturated rings. The van der Waals surface area contributed by atoms with E-state index in [0.29, 0.717) is 19.3 Å². The van der Waals surface area contributed by atoms with Crippen LogP contribution in [0.5, 0.6) is 0 Å². The Morgan fingerprint density at radius 2 is 0.574 bits per heavy atom. The quantitative estimate of drug-likeness (QED) is 0.0373. The number of esters is 3. The molecule has 0 aromatic rings. The summed E-state index contributed by atoms with van der Waals surface area (Å²) in [7, 11) is 0. The highest BCUT2D eigenvalue weighted by Gasteiger charge is 2.19. The summed E-state index contributed by atoms with van der Waals surface area (Å²) < 4.78 is 16.5. The molecular weight excluding hydrogens is 588 g/mol. The second-order valence-electron chi connectivity index (χ2n) is 13.9. The Balaban J connectivity index is 4.13. The fourth-order valence-electron chi connectivity index (χ4n) is 5.97. The average molecular weight is 667 g/mol. The van der Waals surface area contributed by atoms with Crippen molar-refractivity contribution in [3.05, 3.63) is 0 Å². The van der Waals surface area contributed by atoms with Crippen LogP contribution >= 0.6 is 0 Å². The minimum Gasteiger partial charge on any atom is -0.462 e. The smallest absolute Gasteiger partial charge is 0.306 e. The Kier molecular flexibility index (Phi) is 36.0. The monoisotopic (exact) mass is 667 g/mol. The van der Waals surface area contributed by atoms with Gasteiger partial charge >= 0.3 is 17.9 Å². The normalized spacial score (nSPS) is 11.8. The molecule has 47 heavy (non-hydrogen) atoms. The second-order valence-corrected chi connectivity index (χ2v) is 13.9. The molecule has 0 aliphatic heterocycles. The number of carbonyl (C=O) groups is 3. The van der Waals surface area contributed by atoms with Crippen molar-refractivity contribution in [3.8, 4) is 0 Å². The predicted molar refractivity (Wildman–Crippen MR) is 197 cm³/mol.